The Labute approximate surface area is 90.3 Å². The zero-order chi connectivity index (χ0) is 11.4. The SMILES string of the molecule is Cc1cc(C(CCO)N(C)C)ccc1F. The van der Waals surface area contributed by atoms with Crippen molar-refractivity contribution in [1.29, 1.82) is 0 Å². The van der Waals surface area contributed by atoms with Crippen LogP contribution in [-0.2, 0) is 0 Å². The molecule has 0 aliphatic carbocycles. The molecule has 1 aromatic carbocycles. The number of benzene rings is 1. The maximum Gasteiger partial charge on any atom is 0.126 e. The molecule has 3 heteroatoms. The van der Waals surface area contributed by atoms with Crippen molar-refractivity contribution in [3.8, 4) is 0 Å². The minimum Gasteiger partial charge on any atom is -0.396 e. The van der Waals surface area contributed by atoms with E-state index < -0.39 is 0 Å². The van der Waals surface area contributed by atoms with E-state index in [0.29, 0.717) is 12.0 Å². The van der Waals surface area contributed by atoms with E-state index in [0.717, 1.165) is 5.56 Å². The van der Waals surface area contributed by atoms with Gasteiger partial charge in [0.15, 0.2) is 0 Å². The van der Waals surface area contributed by atoms with Gasteiger partial charge in [0.2, 0.25) is 0 Å². The molecule has 0 fully saturated rings. The highest BCUT2D eigenvalue weighted by molar-refractivity contribution is 5.26. The number of halogens is 1. The van der Waals surface area contributed by atoms with Crippen molar-refractivity contribution in [2.75, 3.05) is 20.7 Å². The smallest absolute Gasteiger partial charge is 0.126 e. The van der Waals surface area contributed by atoms with Crippen LogP contribution in [0.3, 0.4) is 0 Å². The predicted molar refractivity (Wildman–Crippen MR) is 59.3 cm³/mol. The third-order valence-electron chi connectivity index (χ3n) is 2.59. The van der Waals surface area contributed by atoms with Gasteiger partial charge in [0.25, 0.3) is 0 Å². The first-order chi connectivity index (χ1) is 7.06. The Bertz CT molecular complexity index is 325. The Hall–Kier alpha value is -0.930. The lowest BCUT2D eigenvalue weighted by molar-refractivity contribution is 0.210. The molecule has 1 unspecified atom stereocenters. The van der Waals surface area contributed by atoms with Crippen LogP contribution in [0.1, 0.15) is 23.6 Å². The molecule has 2 nitrogen and oxygen atoms in total. The molecular formula is C12H18FNO. The normalized spacial score (nSPS) is 13.2. The monoisotopic (exact) mass is 211 g/mol. The van der Waals surface area contributed by atoms with E-state index in [1.807, 2.05) is 25.1 Å². The lowest BCUT2D eigenvalue weighted by Gasteiger charge is -2.24. The summed E-state index contributed by atoms with van der Waals surface area (Å²) in [6, 6.07) is 5.26. The minimum absolute atomic E-state index is 0.138. The molecule has 0 bridgehead atoms. The van der Waals surface area contributed by atoms with E-state index >= 15 is 0 Å². The molecule has 1 N–H and O–H groups in total. The number of hydrogen-bond donors (Lipinski definition) is 1. The van der Waals surface area contributed by atoms with E-state index in [4.69, 9.17) is 5.11 Å². The first-order valence-corrected chi connectivity index (χ1v) is 5.09. The van der Waals surface area contributed by atoms with E-state index in [1.165, 1.54) is 6.07 Å². The van der Waals surface area contributed by atoms with Crippen LogP contribution in [-0.4, -0.2) is 30.7 Å². The number of nitrogens with zero attached hydrogens (tertiary/aromatic N) is 1. The average Bonchev–Trinajstić information content (AvgIpc) is 2.18. The molecule has 0 saturated carbocycles. The minimum atomic E-state index is -0.180. The molecule has 1 rings (SSSR count). The fraction of sp³-hybridized carbons (Fsp3) is 0.500. The van der Waals surface area contributed by atoms with Crippen LogP contribution in [0.15, 0.2) is 18.2 Å². The van der Waals surface area contributed by atoms with Crippen LogP contribution in [0.5, 0.6) is 0 Å². The summed E-state index contributed by atoms with van der Waals surface area (Å²) in [6.45, 7) is 1.89. The Kier molecular flexibility index (Phi) is 4.24. The Morgan fingerprint density at radius 1 is 1.40 bits per heavy atom. The predicted octanol–water partition coefficient (Wildman–Crippen LogP) is 2.12. The summed E-state index contributed by atoms with van der Waals surface area (Å²) < 4.78 is 13.1. The van der Waals surface area contributed by atoms with Crippen LogP contribution in [0.2, 0.25) is 0 Å². The highest BCUT2D eigenvalue weighted by Gasteiger charge is 2.14. The van der Waals surface area contributed by atoms with Gasteiger partial charge >= 0.3 is 0 Å². The van der Waals surface area contributed by atoms with Gasteiger partial charge in [0, 0.05) is 12.6 Å². The zero-order valence-corrected chi connectivity index (χ0v) is 9.50. The average molecular weight is 211 g/mol. The van der Waals surface area contributed by atoms with Crippen molar-refractivity contribution < 1.29 is 9.50 Å². The zero-order valence-electron chi connectivity index (χ0n) is 9.50. The summed E-state index contributed by atoms with van der Waals surface area (Å²) in [5.74, 6) is -0.180. The van der Waals surface area contributed by atoms with Gasteiger partial charge in [-0.3, -0.25) is 0 Å². The second kappa shape index (κ2) is 5.24. The van der Waals surface area contributed by atoms with Crippen LogP contribution >= 0.6 is 0 Å². The molecule has 0 aromatic heterocycles. The topological polar surface area (TPSA) is 23.5 Å². The fourth-order valence-corrected chi connectivity index (χ4v) is 1.72. The molecule has 0 radical (unpaired) electrons. The molecule has 0 amide bonds. The standard InChI is InChI=1S/C12H18FNO/c1-9-8-10(4-5-11(9)13)12(6-7-15)14(2)3/h4-5,8,12,15H,6-7H2,1-3H3. The summed E-state index contributed by atoms with van der Waals surface area (Å²) in [5, 5.41) is 8.97. The number of aliphatic hydroxyl groups excluding tert-OH is 1. The molecular weight excluding hydrogens is 193 g/mol. The molecule has 1 atom stereocenters. The molecule has 0 aliphatic heterocycles. The van der Waals surface area contributed by atoms with Crippen molar-refractivity contribution in [3.05, 3.63) is 35.1 Å². The van der Waals surface area contributed by atoms with E-state index in [9.17, 15) is 4.39 Å². The van der Waals surface area contributed by atoms with Gasteiger partial charge < -0.3 is 10.0 Å². The van der Waals surface area contributed by atoms with Crippen molar-refractivity contribution >= 4 is 0 Å². The van der Waals surface area contributed by atoms with Crippen molar-refractivity contribution in [3.63, 3.8) is 0 Å². The molecule has 0 saturated heterocycles. The maximum atomic E-state index is 13.1. The lowest BCUT2D eigenvalue weighted by atomic mass is 10.0. The third kappa shape index (κ3) is 3.01. The summed E-state index contributed by atoms with van der Waals surface area (Å²) in [5.41, 5.74) is 1.70. The number of aliphatic hydroxyl groups is 1. The fourth-order valence-electron chi connectivity index (χ4n) is 1.72. The first kappa shape index (κ1) is 12.1. The van der Waals surface area contributed by atoms with E-state index in [2.05, 4.69) is 0 Å². The summed E-state index contributed by atoms with van der Waals surface area (Å²) in [7, 11) is 3.91. The van der Waals surface area contributed by atoms with Gasteiger partial charge in [-0.05, 0) is 44.6 Å². The van der Waals surface area contributed by atoms with E-state index in [-0.39, 0.29) is 18.5 Å². The van der Waals surface area contributed by atoms with Crippen molar-refractivity contribution in [1.82, 2.24) is 4.90 Å². The largest absolute Gasteiger partial charge is 0.396 e. The van der Waals surface area contributed by atoms with Crippen LogP contribution in [0, 0.1) is 12.7 Å². The summed E-state index contributed by atoms with van der Waals surface area (Å²) in [4.78, 5) is 2.03. The first-order valence-electron chi connectivity index (χ1n) is 5.09. The second-order valence-corrected chi connectivity index (χ2v) is 4.00. The molecule has 1 aromatic rings. The lowest BCUT2D eigenvalue weighted by Crippen LogP contribution is -2.21. The van der Waals surface area contributed by atoms with Gasteiger partial charge in [-0.15, -0.1) is 0 Å². The van der Waals surface area contributed by atoms with Crippen LogP contribution < -0.4 is 0 Å². The van der Waals surface area contributed by atoms with Crippen molar-refractivity contribution in [2.24, 2.45) is 0 Å². The molecule has 0 heterocycles. The van der Waals surface area contributed by atoms with E-state index in [1.54, 1.807) is 13.0 Å². The Morgan fingerprint density at radius 2 is 2.07 bits per heavy atom. The van der Waals surface area contributed by atoms with Gasteiger partial charge in [0.05, 0.1) is 0 Å². The second-order valence-electron chi connectivity index (χ2n) is 4.00. The summed E-state index contributed by atoms with van der Waals surface area (Å²) in [6.07, 6.45) is 0.665. The van der Waals surface area contributed by atoms with Gasteiger partial charge in [-0.2, -0.15) is 0 Å². The van der Waals surface area contributed by atoms with Crippen LogP contribution in [0.25, 0.3) is 0 Å². The molecule has 84 valence electrons. The third-order valence-corrected chi connectivity index (χ3v) is 2.59. The number of hydrogen-bond acceptors (Lipinski definition) is 2. The van der Waals surface area contributed by atoms with Gasteiger partial charge in [-0.1, -0.05) is 12.1 Å². The Balaban J connectivity index is 2.95. The van der Waals surface area contributed by atoms with Gasteiger partial charge in [0.1, 0.15) is 5.82 Å². The number of aryl methyl sites for hydroxylation is 1. The molecule has 0 aliphatic rings. The summed E-state index contributed by atoms with van der Waals surface area (Å²) >= 11 is 0. The molecule has 15 heavy (non-hydrogen) atoms. The quantitative estimate of drug-likeness (QED) is 0.824. The highest BCUT2D eigenvalue weighted by atomic mass is 19.1. The maximum absolute atomic E-state index is 13.1. The Morgan fingerprint density at radius 3 is 2.53 bits per heavy atom. The van der Waals surface area contributed by atoms with Crippen LogP contribution in [0.4, 0.5) is 4.39 Å². The molecule has 0 spiro atoms. The van der Waals surface area contributed by atoms with Crippen molar-refractivity contribution in [2.45, 2.75) is 19.4 Å². The van der Waals surface area contributed by atoms with Gasteiger partial charge in [-0.25, -0.2) is 4.39 Å². The highest BCUT2D eigenvalue weighted by Crippen LogP contribution is 2.23. The number of rotatable bonds is 4.